The van der Waals surface area contributed by atoms with Crippen molar-refractivity contribution >= 4 is 34.5 Å². The van der Waals surface area contributed by atoms with Crippen LogP contribution in [0.3, 0.4) is 0 Å². The lowest BCUT2D eigenvalue weighted by Crippen LogP contribution is -2.29. The summed E-state index contributed by atoms with van der Waals surface area (Å²) in [6, 6.07) is 14.1. The molecule has 0 unspecified atom stereocenters. The van der Waals surface area contributed by atoms with Gasteiger partial charge in [0.05, 0.1) is 11.6 Å². The monoisotopic (exact) mass is 382 g/mol. The zero-order valence-corrected chi connectivity index (χ0v) is 15.6. The number of nitrogens with zero attached hydrogens (tertiary/aromatic N) is 3. The van der Waals surface area contributed by atoms with Gasteiger partial charge < -0.3 is 0 Å². The molecule has 0 aliphatic carbocycles. The quantitative estimate of drug-likeness (QED) is 0.522. The van der Waals surface area contributed by atoms with Crippen molar-refractivity contribution in [1.29, 1.82) is 0 Å². The van der Waals surface area contributed by atoms with E-state index in [0.717, 1.165) is 12.8 Å². The Morgan fingerprint density at radius 1 is 1.19 bits per heavy atom. The molecule has 0 aliphatic heterocycles. The summed E-state index contributed by atoms with van der Waals surface area (Å²) >= 11 is 6.07. The van der Waals surface area contributed by atoms with Crippen LogP contribution in [0.2, 0.25) is 5.02 Å². The van der Waals surface area contributed by atoms with E-state index < -0.39 is 5.91 Å². The number of unbranched alkanes of at least 4 members (excludes halogenated alkanes) is 1. The van der Waals surface area contributed by atoms with Crippen LogP contribution < -0.4 is 11.0 Å². The lowest BCUT2D eigenvalue weighted by Gasteiger charge is -2.09. The summed E-state index contributed by atoms with van der Waals surface area (Å²) in [4.78, 5) is 25.2. The number of rotatable bonds is 6. The highest BCUT2D eigenvalue weighted by molar-refractivity contribution is 6.33. The molecule has 2 aromatic carbocycles. The third kappa shape index (κ3) is 4.23. The molecule has 3 aromatic rings. The highest BCUT2D eigenvalue weighted by Gasteiger charge is 2.16. The van der Waals surface area contributed by atoms with Crippen molar-refractivity contribution in [3.8, 4) is 0 Å². The normalized spacial score (nSPS) is 11.2. The Hall–Kier alpha value is -2.99. The number of fused-ring (bicyclic) bond motifs is 1. The number of hydrogen-bond donors (Lipinski definition) is 1. The number of hydrogen-bond acceptors (Lipinski definition) is 4. The van der Waals surface area contributed by atoms with Crippen molar-refractivity contribution < 1.29 is 4.79 Å². The molecule has 0 bridgehead atoms. The van der Waals surface area contributed by atoms with E-state index >= 15 is 0 Å². The number of nitrogens with one attached hydrogen (secondary N) is 1. The van der Waals surface area contributed by atoms with Gasteiger partial charge in [0.15, 0.2) is 5.69 Å². The Labute approximate surface area is 161 Å². The molecule has 1 N–H and O–H groups in total. The molecule has 0 saturated heterocycles. The molecular formula is C20H19ClN4O2. The lowest BCUT2D eigenvalue weighted by atomic mass is 10.1. The summed E-state index contributed by atoms with van der Waals surface area (Å²) in [7, 11) is 0. The summed E-state index contributed by atoms with van der Waals surface area (Å²) in [5.41, 5.74) is 3.11. The zero-order chi connectivity index (χ0) is 19.2. The van der Waals surface area contributed by atoms with E-state index in [1.165, 1.54) is 10.9 Å². The summed E-state index contributed by atoms with van der Waals surface area (Å²) in [5, 5.41) is 9.73. The molecule has 27 heavy (non-hydrogen) atoms. The van der Waals surface area contributed by atoms with Gasteiger partial charge in [-0.1, -0.05) is 61.3 Å². The van der Waals surface area contributed by atoms with Crippen molar-refractivity contribution in [3.63, 3.8) is 0 Å². The topological polar surface area (TPSA) is 76.3 Å². The first kappa shape index (κ1) is 18.8. The molecular weight excluding hydrogens is 364 g/mol. The maximum Gasteiger partial charge on any atom is 0.292 e. The molecule has 1 aromatic heterocycles. The van der Waals surface area contributed by atoms with E-state index in [0.29, 0.717) is 27.9 Å². The first-order valence-corrected chi connectivity index (χ1v) is 9.07. The van der Waals surface area contributed by atoms with Crippen LogP contribution in [-0.2, 0) is 6.54 Å². The smallest absolute Gasteiger partial charge is 0.267 e. The summed E-state index contributed by atoms with van der Waals surface area (Å²) in [6.45, 7) is 2.49. The average Bonchev–Trinajstić information content (AvgIpc) is 2.69. The van der Waals surface area contributed by atoms with Gasteiger partial charge in [-0.25, -0.2) is 10.1 Å². The fourth-order valence-electron chi connectivity index (χ4n) is 2.66. The van der Waals surface area contributed by atoms with Gasteiger partial charge >= 0.3 is 0 Å². The molecule has 0 radical (unpaired) electrons. The van der Waals surface area contributed by atoms with Crippen LogP contribution in [0.25, 0.3) is 10.8 Å². The molecule has 138 valence electrons. The second-order valence-corrected chi connectivity index (χ2v) is 6.40. The molecule has 1 heterocycles. The molecule has 0 atom stereocenters. The molecule has 7 heteroatoms. The van der Waals surface area contributed by atoms with Crippen LogP contribution in [0.15, 0.2) is 58.4 Å². The second kappa shape index (κ2) is 8.60. The zero-order valence-electron chi connectivity index (χ0n) is 14.9. The van der Waals surface area contributed by atoms with Crippen molar-refractivity contribution in [2.24, 2.45) is 5.10 Å². The summed E-state index contributed by atoms with van der Waals surface area (Å²) in [6.07, 6.45) is 3.19. The van der Waals surface area contributed by atoms with E-state index in [1.54, 1.807) is 36.4 Å². The van der Waals surface area contributed by atoms with E-state index in [2.05, 4.69) is 15.6 Å². The first-order valence-electron chi connectivity index (χ1n) is 8.69. The fourth-order valence-corrected chi connectivity index (χ4v) is 2.84. The number of benzene rings is 2. The number of aromatic nitrogens is 2. The van der Waals surface area contributed by atoms with Crippen LogP contribution in [0, 0.1) is 0 Å². The predicted octanol–water partition coefficient (Wildman–Crippen LogP) is 3.61. The SMILES string of the molecule is CCCCn1nc(C(=O)N/N=C/c2ccccc2Cl)c2ccccc2c1=O. The molecule has 0 aliphatic rings. The van der Waals surface area contributed by atoms with Crippen molar-refractivity contribution in [2.45, 2.75) is 26.3 Å². The van der Waals surface area contributed by atoms with Gasteiger partial charge in [0.1, 0.15) is 0 Å². The Balaban J connectivity index is 1.92. The molecule has 0 fully saturated rings. The maximum atomic E-state index is 12.6. The summed E-state index contributed by atoms with van der Waals surface area (Å²) in [5.74, 6) is -0.486. The van der Waals surface area contributed by atoms with E-state index in [4.69, 9.17) is 11.6 Å². The molecule has 6 nitrogen and oxygen atoms in total. The Morgan fingerprint density at radius 2 is 1.89 bits per heavy atom. The molecule has 3 rings (SSSR count). The van der Waals surface area contributed by atoms with Crippen LogP contribution in [-0.4, -0.2) is 21.9 Å². The molecule has 0 spiro atoms. The average molecular weight is 383 g/mol. The van der Waals surface area contributed by atoms with Gasteiger partial charge in [-0.05, 0) is 18.6 Å². The van der Waals surface area contributed by atoms with Crippen molar-refractivity contribution in [1.82, 2.24) is 15.2 Å². The van der Waals surface area contributed by atoms with E-state index in [9.17, 15) is 9.59 Å². The number of hydrazone groups is 1. The van der Waals surface area contributed by atoms with Crippen molar-refractivity contribution in [3.05, 3.63) is 75.2 Å². The summed E-state index contributed by atoms with van der Waals surface area (Å²) < 4.78 is 1.35. The van der Waals surface area contributed by atoms with Gasteiger partial charge in [0.25, 0.3) is 11.5 Å². The Kier molecular flexibility index (Phi) is 5.98. The van der Waals surface area contributed by atoms with Crippen LogP contribution in [0.4, 0.5) is 0 Å². The number of carbonyl (C=O) groups excluding carboxylic acids is 1. The van der Waals surface area contributed by atoms with Crippen molar-refractivity contribution in [2.75, 3.05) is 0 Å². The van der Waals surface area contributed by atoms with Gasteiger partial charge in [-0.2, -0.15) is 10.2 Å². The Morgan fingerprint density at radius 3 is 2.63 bits per heavy atom. The number of aryl methyl sites for hydroxylation is 1. The minimum Gasteiger partial charge on any atom is -0.267 e. The molecule has 0 saturated carbocycles. The van der Waals surface area contributed by atoms with Gasteiger partial charge in [0, 0.05) is 22.5 Å². The Bertz CT molecular complexity index is 1060. The molecule has 1 amide bonds. The first-order chi connectivity index (χ1) is 13.1. The number of amides is 1. The number of halogens is 1. The van der Waals surface area contributed by atoms with E-state index in [1.807, 2.05) is 19.1 Å². The fraction of sp³-hybridized carbons (Fsp3) is 0.200. The maximum absolute atomic E-state index is 12.6. The van der Waals surface area contributed by atoms with Gasteiger partial charge in [0.2, 0.25) is 0 Å². The standard InChI is InChI=1S/C20H19ClN4O2/c1-2-3-12-25-20(27)16-10-6-5-9-15(16)18(24-25)19(26)23-22-13-14-8-4-7-11-17(14)21/h4-11,13H,2-3,12H2,1H3,(H,23,26)/b22-13+. The highest BCUT2D eigenvalue weighted by atomic mass is 35.5. The third-order valence-corrected chi connectivity index (χ3v) is 4.43. The highest BCUT2D eigenvalue weighted by Crippen LogP contribution is 2.14. The number of carbonyl (C=O) groups is 1. The minimum absolute atomic E-state index is 0.164. The predicted molar refractivity (Wildman–Crippen MR) is 107 cm³/mol. The van der Waals surface area contributed by atoms with Gasteiger partial charge in [-0.3, -0.25) is 9.59 Å². The van der Waals surface area contributed by atoms with Crippen LogP contribution in [0.1, 0.15) is 35.8 Å². The third-order valence-electron chi connectivity index (χ3n) is 4.08. The lowest BCUT2D eigenvalue weighted by molar-refractivity contribution is 0.0949. The second-order valence-electron chi connectivity index (χ2n) is 6.00. The van der Waals surface area contributed by atoms with Gasteiger partial charge in [-0.15, -0.1) is 0 Å². The van der Waals surface area contributed by atoms with Crippen LogP contribution in [0.5, 0.6) is 0 Å². The van der Waals surface area contributed by atoms with Crippen LogP contribution >= 0.6 is 11.6 Å². The largest absolute Gasteiger partial charge is 0.292 e. The van der Waals surface area contributed by atoms with E-state index in [-0.39, 0.29) is 11.3 Å². The minimum atomic E-state index is -0.486.